The van der Waals surface area contributed by atoms with E-state index in [1.807, 2.05) is 38.3 Å². The third-order valence-corrected chi connectivity index (χ3v) is 3.30. The van der Waals surface area contributed by atoms with Gasteiger partial charge < -0.3 is 4.74 Å². The Bertz CT molecular complexity index is 377. The summed E-state index contributed by atoms with van der Waals surface area (Å²) in [6.07, 6.45) is 1.99. The van der Waals surface area contributed by atoms with Gasteiger partial charge in [-0.25, -0.2) is 0 Å². The molecule has 4 heteroatoms. The predicted molar refractivity (Wildman–Crippen MR) is 72.1 cm³/mol. The second-order valence-corrected chi connectivity index (χ2v) is 5.50. The van der Waals surface area contributed by atoms with Crippen molar-refractivity contribution in [3.05, 3.63) is 23.8 Å². The van der Waals surface area contributed by atoms with E-state index in [1.54, 1.807) is 11.8 Å². The molecule has 0 aliphatic carbocycles. The first-order valence-corrected chi connectivity index (χ1v) is 7.23. The van der Waals surface area contributed by atoms with E-state index in [1.165, 1.54) is 0 Å². The maximum absolute atomic E-state index is 11.8. The number of carbonyl (C=O) groups is 1. The number of ketones is 1. The van der Waals surface area contributed by atoms with E-state index in [0.717, 1.165) is 10.6 Å². The molecule has 1 unspecified atom stereocenters. The van der Waals surface area contributed by atoms with Crippen LogP contribution in [0.15, 0.2) is 23.1 Å². The summed E-state index contributed by atoms with van der Waals surface area (Å²) in [5.74, 6) is 0.864. The molecule has 0 spiro atoms. The highest BCUT2D eigenvalue weighted by Crippen LogP contribution is 2.29. The third-order valence-electron chi connectivity index (χ3n) is 2.11. The van der Waals surface area contributed by atoms with Crippen LogP contribution in [-0.2, 0) is 0 Å². The number of halogens is 1. The summed E-state index contributed by atoms with van der Waals surface area (Å²) in [5, 5.41) is 0. The Morgan fingerprint density at radius 2 is 2.25 bits per heavy atom. The first kappa shape index (κ1) is 13.6. The van der Waals surface area contributed by atoms with E-state index in [-0.39, 0.29) is 10.6 Å². The minimum absolute atomic E-state index is 0.0774. The minimum Gasteiger partial charge on any atom is -0.493 e. The van der Waals surface area contributed by atoms with Crippen molar-refractivity contribution in [3.63, 3.8) is 0 Å². The van der Waals surface area contributed by atoms with Crippen molar-refractivity contribution in [2.24, 2.45) is 0 Å². The van der Waals surface area contributed by atoms with E-state index < -0.39 is 0 Å². The van der Waals surface area contributed by atoms with Gasteiger partial charge in [0.2, 0.25) is 0 Å². The average Bonchev–Trinajstić information content (AvgIpc) is 2.28. The lowest BCUT2D eigenvalue weighted by molar-refractivity contribution is 0.0995. The standard InChI is InChI=1S/C12H15BrO2S/c1-4-15-10-7-9(12(14)8(2)13)5-6-11(10)16-3/h5-8H,4H2,1-3H3. The number of alkyl halides is 1. The lowest BCUT2D eigenvalue weighted by Gasteiger charge is -2.10. The van der Waals surface area contributed by atoms with Gasteiger partial charge in [0.1, 0.15) is 5.75 Å². The van der Waals surface area contributed by atoms with Gasteiger partial charge in [0.25, 0.3) is 0 Å². The fourth-order valence-electron chi connectivity index (χ4n) is 1.33. The summed E-state index contributed by atoms with van der Waals surface area (Å²) in [7, 11) is 0. The van der Waals surface area contributed by atoms with Crippen LogP contribution in [0, 0.1) is 0 Å². The molecule has 0 fully saturated rings. The highest BCUT2D eigenvalue weighted by molar-refractivity contribution is 9.10. The summed E-state index contributed by atoms with van der Waals surface area (Å²) < 4.78 is 5.51. The van der Waals surface area contributed by atoms with Gasteiger partial charge in [-0.3, -0.25) is 4.79 Å². The highest BCUT2D eigenvalue weighted by atomic mass is 79.9. The summed E-state index contributed by atoms with van der Waals surface area (Å²) in [6.45, 7) is 4.37. The molecule has 0 radical (unpaired) electrons. The van der Waals surface area contributed by atoms with Crippen LogP contribution in [0.3, 0.4) is 0 Å². The van der Waals surface area contributed by atoms with Gasteiger partial charge >= 0.3 is 0 Å². The number of carbonyl (C=O) groups excluding carboxylic acids is 1. The first-order chi connectivity index (χ1) is 7.60. The average molecular weight is 303 g/mol. The quantitative estimate of drug-likeness (QED) is 0.470. The summed E-state index contributed by atoms with van der Waals surface area (Å²) in [6, 6.07) is 5.59. The van der Waals surface area contributed by atoms with Crippen LogP contribution in [0.2, 0.25) is 0 Å². The molecule has 1 atom stereocenters. The van der Waals surface area contributed by atoms with Crippen molar-refractivity contribution < 1.29 is 9.53 Å². The van der Waals surface area contributed by atoms with Crippen LogP contribution in [-0.4, -0.2) is 23.5 Å². The van der Waals surface area contributed by atoms with Crippen LogP contribution >= 0.6 is 27.7 Å². The monoisotopic (exact) mass is 302 g/mol. The molecule has 0 saturated heterocycles. The van der Waals surface area contributed by atoms with Gasteiger partial charge in [-0.05, 0) is 38.3 Å². The zero-order valence-corrected chi connectivity index (χ0v) is 12.0. The molecule has 16 heavy (non-hydrogen) atoms. The van der Waals surface area contributed by atoms with Gasteiger partial charge in [-0.2, -0.15) is 0 Å². The van der Waals surface area contributed by atoms with E-state index in [2.05, 4.69) is 15.9 Å². The van der Waals surface area contributed by atoms with Crippen molar-refractivity contribution in [1.29, 1.82) is 0 Å². The minimum atomic E-state index is -0.165. The molecule has 0 saturated carbocycles. The Hall–Kier alpha value is -0.480. The fourth-order valence-corrected chi connectivity index (χ4v) is 2.12. The molecule has 0 amide bonds. The molecule has 1 rings (SSSR count). The maximum Gasteiger partial charge on any atom is 0.176 e. The number of hydrogen-bond acceptors (Lipinski definition) is 3. The molecular weight excluding hydrogens is 288 g/mol. The maximum atomic E-state index is 11.8. The lowest BCUT2D eigenvalue weighted by Crippen LogP contribution is -2.10. The smallest absolute Gasteiger partial charge is 0.176 e. The number of benzene rings is 1. The van der Waals surface area contributed by atoms with Gasteiger partial charge in [0.15, 0.2) is 5.78 Å². The number of ether oxygens (including phenoxy) is 1. The first-order valence-electron chi connectivity index (χ1n) is 5.09. The molecule has 2 nitrogen and oxygen atoms in total. The van der Waals surface area contributed by atoms with Gasteiger partial charge in [-0.15, -0.1) is 11.8 Å². The molecule has 0 aliphatic rings. The van der Waals surface area contributed by atoms with E-state index in [0.29, 0.717) is 12.2 Å². The Morgan fingerprint density at radius 1 is 1.56 bits per heavy atom. The van der Waals surface area contributed by atoms with Crippen LogP contribution < -0.4 is 4.74 Å². The van der Waals surface area contributed by atoms with Crippen LogP contribution in [0.1, 0.15) is 24.2 Å². The number of Topliss-reactive ketones (excluding diaryl/α,β-unsaturated/α-hetero) is 1. The molecule has 0 aliphatic heterocycles. The molecule has 0 aromatic heterocycles. The SMILES string of the molecule is CCOc1cc(C(=O)C(C)Br)ccc1SC. The molecular formula is C12H15BrO2S. The Morgan fingerprint density at radius 3 is 2.75 bits per heavy atom. The molecule has 1 aromatic rings. The molecule has 0 heterocycles. The van der Waals surface area contributed by atoms with Crippen molar-refractivity contribution in [2.45, 2.75) is 23.6 Å². The molecule has 88 valence electrons. The lowest BCUT2D eigenvalue weighted by atomic mass is 10.1. The Labute approximate surface area is 109 Å². The summed E-state index contributed by atoms with van der Waals surface area (Å²) >= 11 is 4.90. The van der Waals surface area contributed by atoms with Crippen molar-refractivity contribution >= 4 is 33.5 Å². The van der Waals surface area contributed by atoms with Crippen LogP contribution in [0.5, 0.6) is 5.75 Å². The van der Waals surface area contributed by atoms with E-state index >= 15 is 0 Å². The third kappa shape index (κ3) is 3.25. The molecule has 0 bridgehead atoms. The highest BCUT2D eigenvalue weighted by Gasteiger charge is 2.14. The summed E-state index contributed by atoms with van der Waals surface area (Å²) in [5.41, 5.74) is 0.686. The topological polar surface area (TPSA) is 26.3 Å². The van der Waals surface area contributed by atoms with Crippen LogP contribution in [0.4, 0.5) is 0 Å². The fraction of sp³-hybridized carbons (Fsp3) is 0.417. The van der Waals surface area contributed by atoms with Gasteiger partial charge in [0, 0.05) is 10.5 Å². The van der Waals surface area contributed by atoms with Crippen molar-refractivity contribution in [1.82, 2.24) is 0 Å². The number of rotatable bonds is 5. The van der Waals surface area contributed by atoms with Gasteiger partial charge in [0.05, 0.1) is 11.4 Å². The van der Waals surface area contributed by atoms with Crippen LogP contribution in [0.25, 0.3) is 0 Å². The second-order valence-electron chi connectivity index (χ2n) is 3.28. The van der Waals surface area contributed by atoms with Crippen molar-refractivity contribution in [3.8, 4) is 5.75 Å². The van der Waals surface area contributed by atoms with E-state index in [9.17, 15) is 4.79 Å². The van der Waals surface area contributed by atoms with Gasteiger partial charge in [-0.1, -0.05) is 15.9 Å². The molecule has 1 aromatic carbocycles. The normalized spacial score (nSPS) is 12.2. The second kappa shape index (κ2) is 6.30. The van der Waals surface area contributed by atoms with Crippen molar-refractivity contribution in [2.75, 3.05) is 12.9 Å². The Kier molecular flexibility index (Phi) is 5.35. The molecule has 0 N–H and O–H groups in total. The zero-order valence-electron chi connectivity index (χ0n) is 9.62. The Balaban J connectivity index is 3.06. The zero-order chi connectivity index (χ0) is 12.1. The predicted octanol–water partition coefficient (Wildman–Crippen LogP) is 3.77. The summed E-state index contributed by atoms with van der Waals surface area (Å²) in [4.78, 5) is 12.7. The largest absolute Gasteiger partial charge is 0.493 e. The van der Waals surface area contributed by atoms with E-state index in [4.69, 9.17) is 4.74 Å². The number of thioether (sulfide) groups is 1. The number of hydrogen-bond donors (Lipinski definition) is 0.